The van der Waals surface area contributed by atoms with Crippen molar-refractivity contribution in [3.63, 3.8) is 0 Å². The molecule has 0 amide bonds. The largest absolute Gasteiger partial charge is 0.300 e. The van der Waals surface area contributed by atoms with Gasteiger partial charge in [0.05, 0.1) is 22.3 Å². The summed E-state index contributed by atoms with van der Waals surface area (Å²) in [5, 5.41) is 0. The van der Waals surface area contributed by atoms with Crippen LogP contribution in [0.2, 0.25) is 0 Å². The number of halogens is 18. The van der Waals surface area contributed by atoms with Gasteiger partial charge in [-0.05, 0) is 34.4 Å². The van der Waals surface area contributed by atoms with E-state index in [4.69, 9.17) is 0 Å². The van der Waals surface area contributed by atoms with E-state index in [0.29, 0.717) is 17.2 Å². The summed E-state index contributed by atoms with van der Waals surface area (Å²) in [6.45, 7) is 0. The molecule has 0 radical (unpaired) electrons. The lowest BCUT2D eigenvalue weighted by atomic mass is 9.94. The molecule has 7 aromatic rings. The van der Waals surface area contributed by atoms with Crippen molar-refractivity contribution in [1.29, 1.82) is 0 Å². The molecule has 61 heavy (non-hydrogen) atoms. The summed E-state index contributed by atoms with van der Waals surface area (Å²) in [5.74, 6) is -53.2. The minimum atomic E-state index is -3.02. The fourth-order valence-corrected chi connectivity index (χ4v) is 6.51. The van der Waals surface area contributed by atoms with Crippen LogP contribution in [-0.2, 0) is 0 Å². The molecule has 0 heterocycles. The van der Waals surface area contributed by atoms with Crippen molar-refractivity contribution in [2.75, 3.05) is 4.90 Å². The molecule has 7 aromatic carbocycles. The van der Waals surface area contributed by atoms with Crippen LogP contribution in [0.15, 0.2) is 78.9 Å². The molecule has 0 saturated heterocycles. The summed E-state index contributed by atoms with van der Waals surface area (Å²) in [6.07, 6.45) is 0. The first kappa shape index (κ1) is 42.2. The zero-order valence-electron chi connectivity index (χ0n) is 29.3. The average molecular weight is 874 g/mol. The highest BCUT2D eigenvalue weighted by Crippen LogP contribution is 2.49. The van der Waals surface area contributed by atoms with Crippen molar-refractivity contribution in [3.8, 4) is 44.5 Å². The molecular formula is C42H13F18N. The van der Waals surface area contributed by atoms with Gasteiger partial charge in [0.1, 0.15) is 11.4 Å². The van der Waals surface area contributed by atoms with E-state index in [1.165, 1.54) is 18.2 Å². The number of rotatable bonds is 7. The van der Waals surface area contributed by atoms with Gasteiger partial charge in [-0.1, -0.05) is 66.7 Å². The monoisotopic (exact) mass is 873 g/mol. The third-order valence-corrected chi connectivity index (χ3v) is 9.27. The number of benzene rings is 7. The van der Waals surface area contributed by atoms with E-state index in [9.17, 15) is 43.9 Å². The van der Waals surface area contributed by atoms with Crippen molar-refractivity contribution < 1.29 is 79.0 Å². The first-order valence-electron chi connectivity index (χ1n) is 16.6. The molecule has 0 atom stereocenters. The quantitative estimate of drug-likeness (QED) is 0.0876. The predicted molar refractivity (Wildman–Crippen MR) is 182 cm³/mol. The van der Waals surface area contributed by atoms with E-state index >= 15 is 35.1 Å². The Hall–Kier alpha value is -6.92. The van der Waals surface area contributed by atoms with E-state index < -0.39 is 149 Å². The first-order valence-corrected chi connectivity index (χ1v) is 16.6. The summed E-state index contributed by atoms with van der Waals surface area (Å²) < 4.78 is 272. The summed E-state index contributed by atoms with van der Waals surface area (Å²) in [7, 11) is 0. The second kappa shape index (κ2) is 15.6. The zero-order valence-corrected chi connectivity index (χ0v) is 29.3. The lowest BCUT2D eigenvalue weighted by Gasteiger charge is -2.29. The molecule has 0 aromatic heterocycles. The summed E-state index contributed by atoms with van der Waals surface area (Å²) in [5.41, 5.74) is -15.4. The number of hydrogen-bond donors (Lipinski definition) is 0. The minimum Gasteiger partial charge on any atom is -0.300 e. The molecule has 0 bridgehead atoms. The third kappa shape index (κ3) is 6.49. The lowest BCUT2D eigenvalue weighted by Crippen LogP contribution is -2.21. The van der Waals surface area contributed by atoms with Gasteiger partial charge in [0, 0.05) is 5.69 Å². The molecule has 0 aliphatic heterocycles. The molecule has 0 spiro atoms. The topological polar surface area (TPSA) is 3.24 Å². The smallest absolute Gasteiger partial charge is 0.200 e. The molecule has 0 unspecified atom stereocenters. The molecule has 7 rings (SSSR count). The molecule has 0 aliphatic rings. The molecule has 0 saturated carbocycles. The molecule has 1 nitrogen and oxygen atoms in total. The van der Waals surface area contributed by atoms with E-state index in [2.05, 4.69) is 0 Å². The van der Waals surface area contributed by atoms with Gasteiger partial charge in [-0.2, -0.15) is 0 Å². The van der Waals surface area contributed by atoms with Crippen molar-refractivity contribution in [1.82, 2.24) is 0 Å². The Labute approximate surface area is 329 Å². The van der Waals surface area contributed by atoms with Gasteiger partial charge in [-0.25, -0.2) is 79.0 Å². The Kier molecular flexibility index (Phi) is 10.8. The third-order valence-electron chi connectivity index (χ3n) is 9.27. The normalized spacial score (nSPS) is 11.4. The van der Waals surface area contributed by atoms with Crippen LogP contribution in [0.4, 0.5) is 96.1 Å². The van der Waals surface area contributed by atoms with E-state index in [-0.39, 0.29) is 11.1 Å². The van der Waals surface area contributed by atoms with E-state index in [0.717, 1.165) is 12.1 Å². The Morgan fingerprint density at radius 2 is 0.525 bits per heavy atom. The molecule has 19 heteroatoms. The van der Waals surface area contributed by atoms with E-state index in [1.54, 1.807) is 42.5 Å². The second-order valence-corrected chi connectivity index (χ2v) is 12.6. The number of anilines is 3. The van der Waals surface area contributed by atoms with Crippen LogP contribution in [-0.4, -0.2) is 0 Å². The summed E-state index contributed by atoms with van der Waals surface area (Å²) in [4.78, 5) is -0.618. The molecular weight excluding hydrogens is 860 g/mol. The molecule has 0 aliphatic carbocycles. The van der Waals surface area contributed by atoms with Gasteiger partial charge in [0.25, 0.3) is 0 Å². The SMILES string of the molecule is Fc1c(F)c(F)c(-c2c(F)c(F)c(N(c3cccc(-c4ccccc4-c4ccccc4)c3)c3c(F)c(F)c(-c4c(F)c(F)c(F)c(F)c4F)c(F)c3F)c(F)c2F)c(F)c1F. The number of hydrogen-bond acceptors (Lipinski definition) is 1. The maximum Gasteiger partial charge on any atom is 0.200 e. The van der Waals surface area contributed by atoms with Crippen LogP contribution in [0.25, 0.3) is 44.5 Å². The lowest BCUT2D eigenvalue weighted by molar-refractivity contribution is 0.379. The summed E-state index contributed by atoms with van der Waals surface area (Å²) in [6, 6.07) is 17.6. The molecule has 0 N–H and O–H groups in total. The van der Waals surface area contributed by atoms with Crippen LogP contribution in [0.5, 0.6) is 0 Å². The highest BCUT2D eigenvalue weighted by atomic mass is 19.2. The van der Waals surface area contributed by atoms with Gasteiger partial charge < -0.3 is 0 Å². The van der Waals surface area contributed by atoms with Crippen LogP contribution >= 0.6 is 0 Å². The predicted octanol–water partition coefficient (Wildman–Crippen LogP) is 14.3. The molecule has 312 valence electrons. The fourth-order valence-electron chi connectivity index (χ4n) is 6.51. The van der Waals surface area contributed by atoms with Gasteiger partial charge in [-0.15, -0.1) is 0 Å². The Morgan fingerprint density at radius 1 is 0.246 bits per heavy atom. The molecule has 0 fully saturated rings. The van der Waals surface area contributed by atoms with Crippen LogP contribution < -0.4 is 4.90 Å². The Bertz CT molecular complexity index is 2710. The van der Waals surface area contributed by atoms with Crippen molar-refractivity contribution >= 4 is 17.1 Å². The van der Waals surface area contributed by atoms with E-state index in [1.807, 2.05) is 0 Å². The van der Waals surface area contributed by atoms with Crippen molar-refractivity contribution in [2.45, 2.75) is 0 Å². The zero-order chi connectivity index (χ0) is 44.5. The summed E-state index contributed by atoms with van der Waals surface area (Å²) >= 11 is 0. The number of nitrogens with zero attached hydrogens (tertiary/aromatic N) is 1. The van der Waals surface area contributed by atoms with Crippen molar-refractivity contribution in [3.05, 3.63) is 184 Å². The maximum atomic E-state index is 16.3. The van der Waals surface area contributed by atoms with Gasteiger partial charge in [0.15, 0.2) is 93.1 Å². The van der Waals surface area contributed by atoms with Crippen LogP contribution in [0.3, 0.4) is 0 Å². The highest BCUT2D eigenvalue weighted by molar-refractivity contribution is 5.88. The second-order valence-electron chi connectivity index (χ2n) is 12.6. The van der Waals surface area contributed by atoms with Gasteiger partial charge in [0.2, 0.25) is 11.6 Å². The minimum absolute atomic E-state index is 0.0958. The standard InChI is InChI=1S/C42H13F18N/c43-23-19(24(44)32(52)35(55)31(23)51)21-27(47)37(57)41(38(58)28(21)48)61(16-10-6-9-15(13-16)18-12-5-4-11-17(18)14-7-2-1-3-8-14)42-39(59)29(49)22(30(50)40(42)60)20-25(45)33(53)36(56)34(54)26(20)46/h1-13H. The Balaban J connectivity index is 1.58. The maximum absolute atomic E-state index is 16.3. The average Bonchev–Trinajstić information content (AvgIpc) is 3.27. The highest BCUT2D eigenvalue weighted by Gasteiger charge is 2.41. The van der Waals surface area contributed by atoms with Gasteiger partial charge >= 0.3 is 0 Å². The van der Waals surface area contributed by atoms with Crippen LogP contribution in [0.1, 0.15) is 0 Å². The van der Waals surface area contributed by atoms with Gasteiger partial charge in [-0.3, -0.25) is 4.90 Å². The van der Waals surface area contributed by atoms with Crippen LogP contribution in [0, 0.1) is 105 Å². The Morgan fingerprint density at radius 3 is 0.885 bits per heavy atom. The first-order chi connectivity index (χ1) is 28.8. The fraction of sp³-hybridized carbons (Fsp3) is 0. The van der Waals surface area contributed by atoms with Crippen molar-refractivity contribution in [2.24, 2.45) is 0 Å².